The minimum Gasteiger partial charge on any atom is -0.385 e. The number of nitrogens with one attached hydrogen (secondary N) is 1. The number of hydrogen-bond donors (Lipinski definition) is 1. The van der Waals surface area contributed by atoms with E-state index in [1.165, 1.54) is 12.1 Å². The van der Waals surface area contributed by atoms with E-state index >= 15 is 0 Å². The fourth-order valence-electron chi connectivity index (χ4n) is 3.39. The molecule has 3 aromatic rings. The van der Waals surface area contributed by atoms with E-state index in [1.807, 2.05) is 24.1 Å². The van der Waals surface area contributed by atoms with Crippen LogP contribution in [0.5, 0.6) is 0 Å². The van der Waals surface area contributed by atoms with Gasteiger partial charge in [0.15, 0.2) is 5.82 Å². The molecule has 0 atom stereocenters. The third-order valence-corrected chi connectivity index (χ3v) is 4.76. The number of rotatable bonds is 2. The van der Waals surface area contributed by atoms with Crippen LogP contribution in [-0.4, -0.2) is 53.7 Å². The summed E-state index contributed by atoms with van der Waals surface area (Å²) < 4.78 is 14.9. The lowest BCUT2D eigenvalue weighted by Gasteiger charge is -2.36. The highest BCUT2D eigenvalue weighted by Gasteiger charge is 2.24. The smallest absolute Gasteiger partial charge is 0.328 e. The van der Waals surface area contributed by atoms with Crippen molar-refractivity contribution in [1.29, 1.82) is 0 Å². The Hall–Kier alpha value is -3.09. The number of carbonyl (C=O) groups is 1. The normalized spacial score (nSPS) is 14.7. The first kappa shape index (κ1) is 16.4. The van der Waals surface area contributed by atoms with Gasteiger partial charge in [0.05, 0.1) is 11.2 Å². The number of aromatic nitrogens is 2. The van der Waals surface area contributed by atoms with E-state index in [2.05, 4.69) is 15.2 Å². The van der Waals surface area contributed by atoms with Gasteiger partial charge in [0.2, 0.25) is 0 Å². The summed E-state index contributed by atoms with van der Waals surface area (Å²) in [6.07, 6.45) is 3.48. The fraction of sp³-hybridized carbons (Fsp3) is 0.263. The topological polar surface area (TPSA) is 53.4 Å². The van der Waals surface area contributed by atoms with Crippen LogP contribution in [-0.2, 0) is 0 Å². The summed E-state index contributed by atoms with van der Waals surface area (Å²) in [6, 6.07) is 10.0. The Kier molecular flexibility index (Phi) is 4.20. The van der Waals surface area contributed by atoms with E-state index in [-0.39, 0.29) is 11.8 Å². The van der Waals surface area contributed by atoms with Crippen LogP contribution in [0.15, 0.2) is 48.8 Å². The molecule has 26 heavy (non-hydrogen) atoms. The molecular weight excluding hydrogens is 333 g/mol. The maximum absolute atomic E-state index is 13.3. The number of nitrogens with zero attached hydrogens (tertiary/aromatic N) is 4. The van der Waals surface area contributed by atoms with Crippen molar-refractivity contribution in [3.63, 3.8) is 0 Å². The van der Waals surface area contributed by atoms with Crippen LogP contribution in [0.2, 0.25) is 0 Å². The highest BCUT2D eigenvalue weighted by molar-refractivity contribution is 5.91. The summed E-state index contributed by atoms with van der Waals surface area (Å²) in [5.41, 5.74) is 1.70. The molecule has 0 aliphatic carbocycles. The molecule has 1 N–H and O–H groups in total. The summed E-state index contributed by atoms with van der Waals surface area (Å²) in [6.45, 7) is 2.65. The van der Waals surface area contributed by atoms with Crippen LogP contribution in [0, 0.1) is 5.82 Å². The van der Waals surface area contributed by atoms with Crippen LogP contribution >= 0.6 is 0 Å². The van der Waals surface area contributed by atoms with Gasteiger partial charge in [0, 0.05) is 51.0 Å². The van der Waals surface area contributed by atoms with E-state index in [1.54, 1.807) is 29.1 Å². The maximum atomic E-state index is 13.3. The molecule has 0 saturated carbocycles. The quantitative estimate of drug-likeness (QED) is 0.769. The Morgan fingerprint density at radius 3 is 2.73 bits per heavy atom. The summed E-state index contributed by atoms with van der Waals surface area (Å²) in [5, 5.41) is 3.88. The van der Waals surface area contributed by atoms with Gasteiger partial charge < -0.3 is 15.1 Å². The Labute approximate surface area is 150 Å². The van der Waals surface area contributed by atoms with Gasteiger partial charge in [0.1, 0.15) is 5.82 Å². The largest absolute Gasteiger partial charge is 0.385 e. The molecule has 4 rings (SSSR count). The van der Waals surface area contributed by atoms with Gasteiger partial charge in [-0.25, -0.2) is 14.2 Å². The molecule has 7 heteroatoms. The molecule has 6 nitrogen and oxygen atoms in total. The fourth-order valence-corrected chi connectivity index (χ4v) is 3.39. The molecule has 3 heterocycles. The van der Waals surface area contributed by atoms with Crippen molar-refractivity contribution in [3.8, 4) is 0 Å². The van der Waals surface area contributed by atoms with Gasteiger partial charge in [-0.1, -0.05) is 0 Å². The van der Waals surface area contributed by atoms with Crippen molar-refractivity contribution in [2.24, 2.45) is 0 Å². The molecule has 134 valence electrons. The van der Waals surface area contributed by atoms with E-state index in [4.69, 9.17) is 0 Å². The Balaban J connectivity index is 1.50. The second kappa shape index (κ2) is 6.67. The number of fused-ring (bicyclic) bond motifs is 1. The molecule has 1 aromatic carbocycles. The lowest BCUT2D eigenvalue weighted by Crippen LogP contribution is -2.50. The predicted octanol–water partition coefficient (Wildman–Crippen LogP) is 3.01. The molecule has 0 radical (unpaired) electrons. The average Bonchev–Trinajstić information content (AvgIpc) is 3.10. The Morgan fingerprint density at radius 1 is 1.15 bits per heavy atom. The second-order valence-electron chi connectivity index (χ2n) is 6.27. The Morgan fingerprint density at radius 2 is 1.96 bits per heavy atom. The summed E-state index contributed by atoms with van der Waals surface area (Å²) >= 11 is 0. The lowest BCUT2D eigenvalue weighted by atomic mass is 10.2. The first-order valence-corrected chi connectivity index (χ1v) is 8.61. The molecule has 0 spiro atoms. The molecule has 0 bridgehead atoms. The molecule has 2 aromatic heterocycles. The third kappa shape index (κ3) is 2.85. The number of hydrogen-bond acceptors (Lipinski definition) is 4. The first-order valence-electron chi connectivity index (χ1n) is 8.61. The minimum absolute atomic E-state index is 0.0823. The number of amides is 1. The van der Waals surface area contributed by atoms with E-state index < -0.39 is 0 Å². The number of benzene rings is 1. The number of halogens is 1. The van der Waals surface area contributed by atoms with E-state index in [0.717, 1.165) is 22.4 Å². The number of piperazine rings is 1. The van der Waals surface area contributed by atoms with Gasteiger partial charge in [-0.3, -0.25) is 4.57 Å². The lowest BCUT2D eigenvalue weighted by molar-refractivity contribution is 0.197. The molecule has 1 saturated heterocycles. The first-order chi connectivity index (χ1) is 12.7. The predicted molar refractivity (Wildman–Crippen MR) is 100 cm³/mol. The molecule has 1 aliphatic rings. The van der Waals surface area contributed by atoms with Crippen molar-refractivity contribution >= 4 is 28.4 Å². The van der Waals surface area contributed by atoms with Crippen molar-refractivity contribution in [2.75, 3.05) is 43.4 Å². The molecular formula is C19H20FN5O. The zero-order chi connectivity index (χ0) is 18.1. The third-order valence-electron chi connectivity index (χ3n) is 4.76. The van der Waals surface area contributed by atoms with Crippen LogP contribution in [0.3, 0.4) is 0 Å². The van der Waals surface area contributed by atoms with Crippen LogP contribution in [0.4, 0.5) is 20.7 Å². The van der Waals surface area contributed by atoms with E-state index in [0.29, 0.717) is 26.2 Å². The maximum Gasteiger partial charge on any atom is 0.328 e. The van der Waals surface area contributed by atoms with Crippen LogP contribution in [0.1, 0.15) is 0 Å². The van der Waals surface area contributed by atoms with Crippen molar-refractivity contribution < 1.29 is 9.18 Å². The molecule has 1 fully saturated rings. The SMILES string of the molecule is CNc1cccnc1N1CCN(C(=O)n2ccc3cc(F)ccc32)CC1. The second-order valence-corrected chi connectivity index (χ2v) is 6.27. The number of pyridine rings is 1. The minimum atomic E-state index is -0.299. The zero-order valence-corrected chi connectivity index (χ0v) is 14.5. The van der Waals surface area contributed by atoms with Crippen LogP contribution in [0.25, 0.3) is 10.9 Å². The van der Waals surface area contributed by atoms with Crippen molar-refractivity contribution in [3.05, 3.63) is 54.6 Å². The van der Waals surface area contributed by atoms with Crippen LogP contribution < -0.4 is 10.2 Å². The summed E-state index contributed by atoms with van der Waals surface area (Å²) in [4.78, 5) is 21.3. The van der Waals surface area contributed by atoms with Gasteiger partial charge in [-0.05, 0) is 36.4 Å². The van der Waals surface area contributed by atoms with Gasteiger partial charge >= 0.3 is 6.03 Å². The molecule has 1 amide bonds. The van der Waals surface area contributed by atoms with Crippen molar-refractivity contribution in [1.82, 2.24) is 14.5 Å². The van der Waals surface area contributed by atoms with Gasteiger partial charge in [0.25, 0.3) is 0 Å². The standard InChI is InChI=1S/C19H20FN5O/c1-21-16-3-2-7-22-18(16)23-9-11-24(12-10-23)19(26)25-8-6-14-13-15(20)4-5-17(14)25/h2-8,13,21H,9-12H2,1H3. The van der Waals surface area contributed by atoms with Crippen molar-refractivity contribution in [2.45, 2.75) is 0 Å². The van der Waals surface area contributed by atoms with E-state index in [9.17, 15) is 9.18 Å². The number of carbonyl (C=O) groups excluding carboxylic acids is 1. The summed E-state index contributed by atoms with van der Waals surface area (Å²) in [5.74, 6) is 0.607. The highest BCUT2D eigenvalue weighted by Crippen LogP contribution is 2.24. The average molecular weight is 353 g/mol. The number of anilines is 2. The molecule has 1 aliphatic heterocycles. The molecule has 0 unspecified atom stereocenters. The van der Waals surface area contributed by atoms with Gasteiger partial charge in [-0.2, -0.15) is 0 Å². The Bertz CT molecular complexity index is 946. The summed E-state index contributed by atoms with van der Waals surface area (Å²) in [7, 11) is 1.88. The van der Waals surface area contributed by atoms with Gasteiger partial charge in [-0.15, -0.1) is 0 Å². The zero-order valence-electron chi connectivity index (χ0n) is 14.5. The monoisotopic (exact) mass is 353 g/mol. The highest BCUT2D eigenvalue weighted by atomic mass is 19.1.